The number of H-pyrrole nitrogens is 1. The molecule has 3 N–H and O–H groups in total. The number of amides is 1. The zero-order valence-electron chi connectivity index (χ0n) is 13.0. The number of hydrogen-bond donors (Lipinski definition) is 3. The molecule has 0 aliphatic heterocycles. The van der Waals surface area contributed by atoms with Gasteiger partial charge in [-0.15, -0.1) is 0 Å². The highest BCUT2D eigenvalue weighted by molar-refractivity contribution is 6.42. The monoisotopic (exact) mass is 429 g/mol. The van der Waals surface area contributed by atoms with E-state index < -0.39 is 0 Å². The number of halogens is 4. The maximum atomic E-state index is 12.3. The fraction of sp³-hybridized carbons (Fsp3) is 0.0588. The minimum atomic E-state index is -0.342. The SMILES string of the molecule is O=C(NCc1ccc(Cl)c(Cl)c1)c1cc(-c2cc(Cl)c(O)c(Cl)c2)n[nH]1. The van der Waals surface area contributed by atoms with Crippen molar-refractivity contribution in [1.29, 1.82) is 0 Å². The smallest absolute Gasteiger partial charge is 0.269 e. The van der Waals surface area contributed by atoms with E-state index in [4.69, 9.17) is 46.4 Å². The van der Waals surface area contributed by atoms with Gasteiger partial charge in [0.05, 0.1) is 25.8 Å². The molecule has 0 unspecified atom stereocenters. The number of benzene rings is 2. The minimum absolute atomic E-state index is 0.0983. The zero-order chi connectivity index (χ0) is 18.8. The number of carbonyl (C=O) groups excluding carboxylic acids is 1. The van der Waals surface area contributed by atoms with Crippen LogP contribution in [0.3, 0.4) is 0 Å². The molecule has 9 heteroatoms. The average Bonchev–Trinajstić information content (AvgIpc) is 3.10. The summed E-state index contributed by atoms with van der Waals surface area (Å²) >= 11 is 23.6. The molecule has 0 bridgehead atoms. The van der Waals surface area contributed by atoms with Crippen LogP contribution in [-0.4, -0.2) is 21.2 Å². The summed E-state index contributed by atoms with van der Waals surface area (Å²) in [4.78, 5) is 12.3. The van der Waals surface area contributed by atoms with E-state index in [2.05, 4.69) is 15.5 Å². The van der Waals surface area contributed by atoms with E-state index in [0.717, 1.165) is 5.56 Å². The molecule has 0 aliphatic rings. The number of phenolic OH excluding ortho intramolecular Hbond substituents is 1. The molecule has 134 valence electrons. The molecule has 0 saturated heterocycles. The summed E-state index contributed by atoms with van der Waals surface area (Å²) in [6.07, 6.45) is 0. The second-order valence-corrected chi connectivity index (χ2v) is 7.02. The Labute approximate surface area is 168 Å². The van der Waals surface area contributed by atoms with Crippen LogP contribution in [-0.2, 0) is 6.54 Å². The van der Waals surface area contributed by atoms with Crippen LogP contribution >= 0.6 is 46.4 Å². The number of nitrogens with one attached hydrogen (secondary N) is 2. The van der Waals surface area contributed by atoms with Crippen molar-refractivity contribution in [3.63, 3.8) is 0 Å². The lowest BCUT2D eigenvalue weighted by Crippen LogP contribution is -2.23. The van der Waals surface area contributed by atoms with E-state index in [0.29, 0.717) is 21.3 Å². The highest BCUT2D eigenvalue weighted by Gasteiger charge is 2.14. The van der Waals surface area contributed by atoms with Crippen molar-refractivity contribution < 1.29 is 9.90 Å². The van der Waals surface area contributed by atoms with Gasteiger partial charge in [-0.05, 0) is 35.9 Å². The highest BCUT2D eigenvalue weighted by atomic mass is 35.5. The molecule has 0 spiro atoms. The third kappa shape index (κ3) is 4.07. The number of phenols is 1. The van der Waals surface area contributed by atoms with Crippen molar-refractivity contribution >= 4 is 52.3 Å². The summed E-state index contributed by atoms with van der Waals surface area (Å²) in [6.45, 7) is 0.279. The van der Waals surface area contributed by atoms with Gasteiger partial charge in [-0.2, -0.15) is 5.10 Å². The predicted octanol–water partition coefficient (Wildman–Crippen LogP) is 5.33. The Morgan fingerprint density at radius 3 is 2.35 bits per heavy atom. The normalized spacial score (nSPS) is 10.8. The van der Waals surface area contributed by atoms with Crippen LogP contribution in [0.2, 0.25) is 20.1 Å². The standard InChI is InChI=1S/C17H11Cl4N3O2/c18-10-2-1-8(3-11(10)19)7-22-17(26)15-6-14(23-24-15)9-4-12(20)16(25)13(21)5-9/h1-6,25H,7H2,(H,22,26)(H,23,24). The van der Waals surface area contributed by atoms with Crippen LogP contribution in [0.15, 0.2) is 36.4 Å². The molecule has 0 aliphatic carbocycles. The van der Waals surface area contributed by atoms with Crippen LogP contribution in [0.5, 0.6) is 5.75 Å². The summed E-state index contributed by atoms with van der Waals surface area (Å²) in [5, 5.41) is 20.2. The summed E-state index contributed by atoms with van der Waals surface area (Å²) in [5.74, 6) is -0.544. The van der Waals surface area contributed by atoms with Crippen molar-refractivity contribution in [3.05, 3.63) is 67.7 Å². The first kappa shape index (κ1) is 18.9. The van der Waals surface area contributed by atoms with Gasteiger partial charge in [0.1, 0.15) is 5.69 Å². The van der Waals surface area contributed by atoms with E-state index >= 15 is 0 Å². The lowest BCUT2D eigenvalue weighted by molar-refractivity contribution is 0.0946. The number of carbonyl (C=O) groups is 1. The first-order valence-electron chi connectivity index (χ1n) is 7.31. The summed E-state index contributed by atoms with van der Waals surface area (Å²) < 4.78 is 0. The van der Waals surface area contributed by atoms with Crippen molar-refractivity contribution in [3.8, 4) is 17.0 Å². The predicted molar refractivity (Wildman–Crippen MR) is 103 cm³/mol. The Morgan fingerprint density at radius 1 is 1.00 bits per heavy atom. The van der Waals surface area contributed by atoms with Crippen molar-refractivity contribution in [2.24, 2.45) is 0 Å². The molecule has 2 aromatic carbocycles. The largest absolute Gasteiger partial charge is 0.505 e. The van der Waals surface area contributed by atoms with Gasteiger partial charge in [-0.1, -0.05) is 52.5 Å². The van der Waals surface area contributed by atoms with Crippen molar-refractivity contribution in [2.75, 3.05) is 0 Å². The van der Waals surface area contributed by atoms with Gasteiger partial charge in [-0.25, -0.2) is 0 Å². The van der Waals surface area contributed by atoms with Crippen LogP contribution < -0.4 is 5.32 Å². The maximum Gasteiger partial charge on any atom is 0.269 e. The van der Waals surface area contributed by atoms with Gasteiger partial charge in [0.15, 0.2) is 5.75 Å². The molecule has 0 saturated carbocycles. The third-order valence-electron chi connectivity index (χ3n) is 3.57. The lowest BCUT2D eigenvalue weighted by atomic mass is 10.1. The third-order valence-corrected chi connectivity index (χ3v) is 4.89. The van der Waals surface area contributed by atoms with Gasteiger partial charge in [0, 0.05) is 12.1 Å². The van der Waals surface area contributed by atoms with E-state index in [1.165, 1.54) is 12.1 Å². The quantitative estimate of drug-likeness (QED) is 0.523. The average molecular weight is 431 g/mol. The Balaban J connectivity index is 1.73. The van der Waals surface area contributed by atoms with Crippen molar-refractivity contribution in [1.82, 2.24) is 15.5 Å². The number of aromatic amines is 1. The number of aromatic hydroxyl groups is 1. The number of aromatic nitrogens is 2. The molecular weight excluding hydrogens is 420 g/mol. The summed E-state index contributed by atoms with van der Waals surface area (Å²) in [7, 11) is 0. The highest BCUT2D eigenvalue weighted by Crippen LogP contribution is 2.36. The van der Waals surface area contributed by atoms with Gasteiger partial charge >= 0.3 is 0 Å². The van der Waals surface area contributed by atoms with Gasteiger partial charge in [-0.3, -0.25) is 9.89 Å². The Kier molecular flexibility index (Phi) is 5.63. The Morgan fingerprint density at radius 2 is 1.69 bits per heavy atom. The first-order valence-corrected chi connectivity index (χ1v) is 8.82. The number of nitrogens with zero attached hydrogens (tertiary/aromatic N) is 1. The molecule has 0 radical (unpaired) electrons. The van der Waals surface area contributed by atoms with E-state index in [-0.39, 0.29) is 33.9 Å². The first-order chi connectivity index (χ1) is 12.3. The molecule has 3 rings (SSSR count). The topological polar surface area (TPSA) is 78.0 Å². The molecule has 3 aromatic rings. The van der Waals surface area contributed by atoms with Gasteiger partial charge in [0.2, 0.25) is 0 Å². The van der Waals surface area contributed by atoms with Crippen molar-refractivity contribution in [2.45, 2.75) is 6.54 Å². The van der Waals surface area contributed by atoms with Gasteiger partial charge < -0.3 is 10.4 Å². The Hall–Kier alpha value is -1.92. The summed E-state index contributed by atoms with van der Waals surface area (Å²) in [6, 6.07) is 9.70. The molecule has 1 heterocycles. The van der Waals surface area contributed by atoms with Gasteiger partial charge in [0.25, 0.3) is 5.91 Å². The van der Waals surface area contributed by atoms with E-state index in [9.17, 15) is 9.90 Å². The maximum absolute atomic E-state index is 12.3. The van der Waals surface area contributed by atoms with Crippen LogP contribution in [0.1, 0.15) is 16.1 Å². The van der Waals surface area contributed by atoms with E-state index in [1.54, 1.807) is 24.3 Å². The fourth-order valence-electron chi connectivity index (χ4n) is 2.23. The number of hydrogen-bond acceptors (Lipinski definition) is 3. The number of rotatable bonds is 4. The van der Waals surface area contributed by atoms with Crippen LogP contribution in [0.25, 0.3) is 11.3 Å². The molecule has 1 amide bonds. The molecule has 0 fully saturated rings. The second kappa shape index (κ2) is 7.76. The summed E-state index contributed by atoms with van der Waals surface area (Å²) in [5.41, 5.74) is 2.11. The second-order valence-electron chi connectivity index (χ2n) is 5.39. The Bertz CT molecular complexity index is 965. The zero-order valence-corrected chi connectivity index (χ0v) is 16.0. The lowest BCUT2D eigenvalue weighted by Gasteiger charge is -2.05. The molecule has 5 nitrogen and oxygen atoms in total. The molecular formula is C17H11Cl4N3O2. The molecule has 1 aromatic heterocycles. The van der Waals surface area contributed by atoms with E-state index in [1.807, 2.05) is 0 Å². The molecule has 0 atom stereocenters. The van der Waals surface area contributed by atoms with Crippen LogP contribution in [0.4, 0.5) is 0 Å². The minimum Gasteiger partial charge on any atom is -0.505 e. The fourth-order valence-corrected chi connectivity index (χ4v) is 3.03. The van der Waals surface area contributed by atoms with Crippen LogP contribution in [0, 0.1) is 0 Å². The molecule has 26 heavy (non-hydrogen) atoms.